The number of benzene rings is 4. The summed E-state index contributed by atoms with van der Waals surface area (Å²) in [6.45, 7) is 17.3. The Labute approximate surface area is 226 Å². The van der Waals surface area contributed by atoms with Gasteiger partial charge in [0.25, 0.3) is 0 Å². The number of hydrogen-bond acceptors (Lipinski definition) is 3. The molecule has 0 bridgehead atoms. The summed E-state index contributed by atoms with van der Waals surface area (Å²) >= 11 is 1.68. The highest BCUT2D eigenvalue weighted by Crippen LogP contribution is 2.45. The van der Waals surface area contributed by atoms with Gasteiger partial charge in [-0.2, -0.15) is 0 Å². The van der Waals surface area contributed by atoms with Crippen molar-refractivity contribution in [3.63, 3.8) is 0 Å². The number of aryl methyl sites for hydroxylation is 2. The Balaban J connectivity index is 1.83. The highest BCUT2D eigenvalue weighted by Gasteiger charge is 2.23. The van der Waals surface area contributed by atoms with Crippen molar-refractivity contribution in [1.82, 2.24) is 0 Å². The Morgan fingerprint density at radius 3 is 1.22 bits per heavy atom. The molecule has 0 fully saturated rings. The molecule has 2 N–H and O–H groups in total. The van der Waals surface area contributed by atoms with Gasteiger partial charge in [-0.15, -0.1) is 0 Å². The molecule has 0 aliphatic carbocycles. The van der Waals surface area contributed by atoms with E-state index < -0.39 is 0 Å². The van der Waals surface area contributed by atoms with Crippen LogP contribution in [-0.4, -0.2) is 10.2 Å². The third kappa shape index (κ3) is 5.57. The van der Waals surface area contributed by atoms with Crippen molar-refractivity contribution in [2.24, 2.45) is 0 Å². The lowest BCUT2D eigenvalue weighted by Crippen LogP contribution is -2.12. The monoisotopic (exact) mass is 510 g/mol. The fourth-order valence-electron chi connectivity index (χ4n) is 4.86. The highest BCUT2D eigenvalue weighted by atomic mass is 32.2. The van der Waals surface area contributed by atoms with Gasteiger partial charge in [-0.05, 0) is 82.3 Å². The van der Waals surface area contributed by atoms with Crippen molar-refractivity contribution in [2.75, 3.05) is 0 Å². The van der Waals surface area contributed by atoms with Gasteiger partial charge < -0.3 is 10.2 Å². The zero-order chi connectivity index (χ0) is 27.1. The second kappa shape index (κ2) is 9.95. The largest absolute Gasteiger partial charge is 0.507 e. The molecule has 0 heterocycles. The Kier molecular flexibility index (Phi) is 7.23. The number of phenolic OH excluding ortho intramolecular Hbond substituents is 2. The minimum absolute atomic E-state index is 0.0515. The first-order valence-electron chi connectivity index (χ1n) is 12.8. The zero-order valence-electron chi connectivity index (χ0n) is 23.2. The smallest absolute Gasteiger partial charge is 0.123 e. The molecule has 0 aliphatic heterocycles. The highest BCUT2D eigenvalue weighted by molar-refractivity contribution is 7.99. The summed E-state index contributed by atoms with van der Waals surface area (Å²) in [5.74, 6) is 0.585. The third-order valence-corrected chi connectivity index (χ3v) is 8.18. The number of hydrogen-bond donors (Lipinski definition) is 2. The maximum absolute atomic E-state index is 11.0. The van der Waals surface area contributed by atoms with Gasteiger partial charge in [0, 0.05) is 20.9 Å². The van der Waals surface area contributed by atoms with Gasteiger partial charge in [-0.25, -0.2) is 0 Å². The van der Waals surface area contributed by atoms with E-state index in [0.29, 0.717) is 11.5 Å². The Hall–Kier alpha value is -3.17. The lowest BCUT2D eigenvalue weighted by atomic mass is 9.81. The van der Waals surface area contributed by atoms with Crippen LogP contribution in [0.4, 0.5) is 0 Å². The molecule has 37 heavy (non-hydrogen) atoms. The van der Waals surface area contributed by atoms with Gasteiger partial charge >= 0.3 is 0 Å². The van der Waals surface area contributed by atoms with Crippen molar-refractivity contribution in [3.05, 3.63) is 95.1 Å². The van der Waals surface area contributed by atoms with E-state index in [1.807, 2.05) is 38.1 Å². The first-order chi connectivity index (χ1) is 17.3. The van der Waals surface area contributed by atoms with E-state index in [2.05, 4.69) is 90.1 Å². The summed E-state index contributed by atoms with van der Waals surface area (Å²) in [5.41, 5.74) is 8.12. The summed E-state index contributed by atoms with van der Waals surface area (Å²) < 4.78 is 0. The van der Waals surface area contributed by atoms with Gasteiger partial charge in [0.15, 0.2) is 0 Å². The zero-order valence-corrected chi connectivity index (χ0v) is 24.0. The molecule has 0 saturated heterocycles. The van der Waals surface area contributed by atoms with Crippen LogP contribution in [0.1, 0.15) is 63.8 Å². The fourth-order valence-corrected chi connectivity index (χ4v) is 5.89. The first kappa shape index (κ1) is 26.9. The molecule has 4 aromatic rings. The molecule has 0 spiro atoms. The Morgan fingerprint density at radius 2 is 0.865 bits per heavy atom. The van der Waals surface area contributed by atoms with Gasteiger partial charge in [0.2, 0.25) is 0 Å². The predicted octanol–water partition coefficient (Wildman–Crippen LogP) is 9.79. The van der Waals surface area contributed by atoms with Crippen LogP contribution in [0.25, 0.3) is 22.3 Å². The molecule has 0 aliphatic rings. The minimum Gasteiger partial charge on any atom is -0.507 e. The molecule has 0 saturated carbocycles. The van der Waals surface area contributed by atoms with Crippen molar-refractivity contribution < 1.29 is 10.2 Å². The van der Waals surface area contributed by atoms with Crippen LogP contribution in [0.5, 0.6) is 11.5 Å². The average Bonchev–Trinajstić information content (AvgIpc) is 2.81. The molecule has 0 aromatic heterocycles. The van der Waals surface area contributed by atoms with E-state index >= 15 is 0 Å². The van der Waals surface area contributed by atoms with Crippen LogP contribution in [-0.2, 0) is 10.8 Å². The number of phenols is 2. The lowest BCUT2D eigenvalue weighted by Gasteiger charge is -2.24. The maximum Gasteiger partial charge on any atom is 0.123 e. The van der Waals surface area contributed by atoms with Crippen molar-refractivity contribution in [2.45, 2.75) is 76.0 Å². The average molecular weight is 511 g/mol. The van der Waals surface area contributed by atoms with E-state index in [1.54, 1.807) is 11.8 Å². The standard InChI is InChI=1S/C34H38O2S/c1-21-17-29(35)25(23-13-9-11-15-27(23)33(3,4)5)19-31(21)37-32-20-26(30(36)18-22(32)2)24-14-10-12-16-28(24)34(6,7)8/h9-20,35-36H,1-8H3. The molecular weight excluding hydrogens is 472 g/mol. The third-order valence-electron chi connectivity index (χ3n) is 6.86. The summed E-state index contributed by atoms with van der Waals surface area (Å²) in [7, 11) is 0. The molecule has 0 radical (unpaired) electrons. The Morgan fingerprint density at radius 1 is 0.514 bits per heavy atom. The van der Waals surface area contributed by atoms with Crippen LogP contribution in [0.15, 0.2) is 82.6 Å². The van der Waals surface area contributed by atoms with Crippen LogP contribution in [0.3, 0.4) is 0 Å². The summed E-state index contributed by atoms with van der Waals surface area (Å²) in [5, 5.41) is 21.9. The molecular formula is C34H38O2S. The van der Waals surface area contributed by atoms with E-state index in [-0.39, 0.29) is 10.8 Å². The van der Waals surface area contributed by atoms with E-state index in [9.17, 15) is 10.2 Å². The first-order valence-corrected chi connectivity index (χ1v) is 13.6. The SMILES string of the molecule is Cc1cc(O)c(-c2ccccc2C(C)(C)C)cc1Sc1cc(-c2ccccc2C(C)(C)C)c(O)cc1C. The van der Waals surface area contributed by atoms with Gasteiger partial charge in [0.05, 0.1) is 0 Å². The topological polar surface area (TPSA) is 40.5 Å². The summed E-state index contributed by atoms with van der Waals surface area (Å²) in [6.07, 6.45) is 0. The van der Waals surface area contributed by atoms with Crippen molar-refractivity contribution in [3.8, 4) is 33.8 Å². The van der Waals surface area contributed by atoms with Crippen LogP contribution in [0.2, 0.25) is 0 Å². The van der Waals surface area contributed by atoms with Crippen LogP contribution < -0.4 is 0 Å². The molecule has 0 unspecified atom stereocenters. The van der Waals surface area contributed by atoms with Crippen LogP contribution in [0, 0.1) is 13.8 Å². The van der Waals surface area contributed by atoms with Gasteiger partial charge in [-0.3, -0.25) is 0 Å². The molecule has 0 atom stereocenters. The second-order valence-electron chi connectivity index (χ2n) is 12.0. The maximum atomic E-state index is 11.0. The molecule has 0 amide bonds. The van der Waals surface area contributed by atoms with Crippen molar-refractivity contribution >= 4 is 11.8 Å². The summed E-state index contributed by atoms with van der Waals surface area (Å²) in [6, 6.07) is 24.6. The molecule has 4 rings (SSSR count). The van der Waals surface area contributed by atoms with Crippen molar-refractivity contribution in [1.29, 1.82) is 0 Å². The lowest BCUT2D eigenvalue weighted by molar-refractivity contribution is 0.475. The quantitative estimate of drug-likeness (QED) is 0.287. The van der Waals surface area contributed by atoms with E-state index in [0.717, 1.165) is 43.2 Å². The molecule has 3 heteroatoms. The second-order valence-corrected chi connectivity index (χ2v) is 13.0. The van der Waals surface area contributed by atoms with Crippen LogP contribution >= 0.6 is 11.8 Å². The molecule has 4 aromatic carbocycles. The summed E-state index contributed by atoms with van der Waals surface area (Å²) in [4.78, 5) is 2.17. The van der Waals surface area contributed by atoms with Gasteiger partial charge in [0.1, 0.15) is 11.5 Å². The fraction of sp³-hybridized carbons (Fsp3) is 0.294. The predicted molar refractivity (Wildman–Crippen MR) is 158 cm³/mol. The number of rotatable bonds is 4. The van der Waals surface area contributed by atoms with E-state index in [1.165, 1.54) is 11.1 Å². The minimum atomic E-state index is -0.0515. The normalized spacial score (nSPS) is 12.1. The van der Waals surface area contributed by atoms with Gasteiger partial charge in [-0.1, -0.05) is 102 Å². The number of aromatic hydroxyl groups is 2. The molecule has 2 nitrogen and oxygen atoms in total. The van der Waals surface area contributed by atoms with E-state index in [4.69, 9.17) is 0 Å². The molecule has 192 valence electrons. The Bertz CT molecular complexity index is 1340.